The Labute approximate surface area is 145 Å². The van der Waals surface area contributed by atoms with Crippen LogP contribution in [0.2, 0.25) is 10.0 Å². The Morgan fingerprint density at radius 1 is 1.17 bits per heavy atom. The van der Waals surface area contributed by atoms with Crippen LogP contribution in [0, 0.1) is 0 Å². The van der Waals surface area contributed by atoms with Crippen molar-refractivity contribution >= 4 is 35.0 Å². The van der Waals surface area contributed by atoms with Gasteiger partial charge in [-0.25, -0.2) is 4.79 Å². The van der Waals surface area contributed by atoms with Crippen molar-refractivity contribution in [1.82, 2.24) is 0 Å². The Bertz CT molecular complexity index is 664. The van der Waals surface area contributed by atoms with Gasteiger partial charge in [0.2, 0.25) is 0 Å². The number of hydrogen-bond donors (Lipinski definition) is 0. The van der Waals surface area contributed by atoms with Gasteiger partial charge in [0.1, 0.15) is 0 Å². The summed E-state index contributed by atoms with van der Waals surface area (Å²) in [4.78, 5) is 13.9. The van der Waals surface area contributed by atoms with E-state index in [-0.39, 0.29) is 10.8 Å². The molecule has 0 aliphatic carbocycles. The number of hydrogen-bond acceptors (Lipinski definition) is 4. The van der Waals surface area contributed by atoms with Gasteiger partial charge in [0, 0.05) is 23.3 Å². The number of anilines is 1. The van der Waals surface area contributed by atoms with Crippen molar-refractivity contribution in [2.24, 2.45) is 0 Å². The zero-order chi connectivity index (χ0) is 16.8. The molecule has 122 valence electrons. The molecule has 6 heteroatoms. The van der Waals surface area contributed by atoms with Crippen molar-refractivity contribution in [2.75, 3.05) is 11.4 Å². The van der Waals surface area contributed by atoms with Gasteiger partial charge >= 0.3 is 6.16 Å². The Kier molecular flexibility index (Phi) is 6.13. The minimum Gasteiger partial charge on any atom is -0.410 e. The molecule has 23 heavy (non-hydrogen) atoms. The molecule has 0 heterocycles. The first-order valence-corrected chi connectivity index (χ1v) is 7.92. The van der Waals surface area contributed by atoms with Crippen LogP contribution in [-0.2, 0) is 4.74 Å². The highest BCUT2D eigenvalue weighted by atomic mass is 35.5. The molecule has 0 N–H and O–H groups in total. The number of halogens is 2. The van der Waals surface area contributed by atoms with Gasteiger partial charge in [0.25, 0.3) is 0 Å². The molecule has 1 unspecified atom stereocenters. The SMILES string of the molecule is CCN(c1ccccc1)C(C)OC(=O)Oc1cc(Cl)ccc1Cl. The molecular weight excluding hydrogens is 337 g/mol. The lowest BCUT2D eigenvalue weighted by molar-refractivity contribution is 0.0646. The first-order valence-electron chi connectivity index (χ1n) is 7.16. The van der Waals surface area contributed by atoms with Crippen LogP contribution >= 0.6 is 23.2 Å². The van der Waals surface area contributed by atoms with Crippen LogP contribution in [0.5, 0.6) is 5.75 Å². The Morgan fingerprint density at radius 2 is 1.87 bits per heavy atom. The van der Waals surface area contributed by atoms with Crippen molar-refractivity contribution in [3.05, 3.63) is 58.6 Å². The molecule has 1 atom stereocenters. The van der Waals surface area contributed by atoms with E-state index in [2.05, 4.69) is 0 Å². The van der Waals surface area contributed by atoms with Gasteiger partial charge < -0.3 is 14.4 Å². The van der Waals surface area contributed by atoms with E-state index in [9.17, 15) is 4.79 Å². The minimum absolute atomic E-state index is 0.166. The molecule has 0 fully saturated rings. The summed E-state index contributed by atoms with van der Waals surface area (Å²) in [6, 6.07) is 14.3. The third kappa shape index (κ3) is 4.78. The van der Waals surface area contributed by atoms with Crippen LogP contribution < -0.4 is 9.64 Å². The second kappa shape index (κ2) is 8.09. The monoisotopic (exact) mass is 353 g/mol. The van der Waals surface area contributed by atoms with E-state index in [1.807, 2.05) is 42.2 Å². The number of ether oxygens (including phenoxy) is 2. The molecule has 0 spiro atoms. The molecular formula is C17H17Cl2NO3. The van der Waals surface area contributed by atoms with Crippen LogP contribution in [0.25, 0.3) is 0 Å². The highest BCUT2D eigenvalue weighted by molar-refractivity contribution is 6.34. The summed E-state index contributed by atoms with van der Waals surface area (Å²) in [6.45, 7) is 4.43. The Balaban J connectivity index is 2.02. The fraction of sp³-hybridized carbons (Fsp3) is 0.235. The molecule has 0 saturated heterocycles. The third-order valence-corrected chi connectivity index (χ3v) is 3.77. The topological polar surface area (TPSA) is 38.8 Å². The van der Waals surface area contributed by atoms with Crippen molar-refractivity contribution in [2.45, 2.75) is 20.1 Å². The smallest absolute Gasteiger partial charge is 0.410 e. The summed E-state index contributed by atoms with van der Waals surface area (Å²) in [5.74, 6) is 0.166. The zero-order valence-corrected chi connectivity index (χ0v) is 14.3. The highest BCUT2D eigenvalue weighted by Crippen LogP contribution is 2.28. The van der Waals surface area contributed by atoms with Gasteiger partial charge in [-0.2, -0.15) is 0 Å². The quantitative estimate of drug-likeness (QED) is 0.410. The predicted octanol–water partition coefficient (Wildman–Crippen LogP) is 5.38. The lowest BCUT2D eigenvalue weighted by atomic mass is 10.3. The van der Waals surface area contributed by atoms with Crippen LogP contribution in [0.1, 0.15) is 13.8 Å². The van der Waals surface area contributed by atoms with E-state index in [1.165, 1.54) is 6.07 Å². The Morgan fingerprint density at radius 3 is 2.52 bits per heavy atom. The largest absolute Gasteiger partial charge is 0.515 e. The predicted molar refractivity (Wildman–Crippen MR) is 92.5 cm³/mol. The lowest BCUT2D eigenvalue weighted by Crippen LogP contribution is -2.37. The van der Waals surface area contributed by atoms with Crippen molar-refractivity contribution in [3.8, 4) is 5.75 Å². The fourth-order valence-corrected chi connectivity index (χ4v) is 2.46. The molecule has 2 aromatic carbocycles. The molecule has 0 aromatic heterocycles. The molecule has 2 rings (SSSR count). The number of nitrogens with zero attached hydrogens (tertiary/aromatic N) is 1. The standard InChI is InChI=1S/C17H17Cl2NO3/c1-3-20(14-7-5-4-6-8-14)12(2)22-17(21)23-16-11-13(18)9-10-15(16)19/h4-12H,3H2,1-2H3. The molecule has 0 bridgehead atoms. The van der Waals surface area contributed by atoms with Gasteiger partial charge in [-0.1, -0.05) is 41.4 Å². The number of carbonyl (C=O) groups is 1. The van der Waals surface area contributed by atoms with Crippen molar-refractivity contribution < 1.29 is 14.3 Å². The van der Waals surface area contributed by atoms with E-state index in [1.54, 1.807) is 19.1 Å². The minimum atomic E-state index is -0.837. The molecule has 0 saturated carbocycles. The van der Waals surface area contributed by atoms with Crippen LogP contribution in [0.3, 0.4) is 0 Å². The van der Waals surface area contributed by atoms with Crippen LogP contribution in [0.15, 0.2) is 48.5 Å². The first-order chi connectivity index (χ1) is 11.0. The average Bonchev–Trinajstić information content (AvgIpc) is 2.52. The van der Waals surface area contributed by atoms with Gasteiger partial charge in [-0.3, -0.25) is 0 Å². The van der Waals surface area contributed by atoms with Gasteiger partial charge in [0.05, 0.1) is 5.02 Å². The van der Waals surface area contributed by atoms with E-state index in [0.717, 1.165) is 5.69 Å². The summed E-state index contributed by atoms with van der Waals surface area (Å²) in [5, 5.41) is 0.708. The second-order valence-corrected chi connectivity index (χ2v) is 5.61. The molecule has 4 nitrogen and oxygen atoms in total. The number of rotatable bonds is 5. The molecule has 0 amide bonds. The first kappa shape index (κ1) is 17.4. The summed E-state index contributed by atoms with van der Waals surface area (Å²) < 4.78 is 10.4. The number of para-hydroxylation sites is 1. The zero-order valence-electron chi connectivity index (χ0n) is 12.8. The van der Waals surface area contributed by atoms with Crippen LogP contribution in [0.4, 0.5) is 10.5 Å². The van der Waals surface area contributed by atoms with Crippen LogP contribution in [-0.4, -0.2) is 18.9 Å². The van der Waals surface area contributed by atoms with Gasteiger partial charge in [0.15, 0.2) is 12.0 Å². The fourth-order valence-electron chi connectivity index (χ4n) is 2.14. The van der Waals surface area contributed by atoms with Gasteiger partial charge in [-0.05, 0) is 38.1 Å². The molecule has 0 aliphatic rings. The summed E-state index contributed by atoms with van der Waals surface area (Å²) in [7, 11) is 0. The summed E-state index contributed by atoms with van der Waals surface area (Å²) in [6.07, 6.45) is -1.33. The lowest BCUT2D eigenvalue weighted by Gasteiger charge is -2.29. The number of benzene rings is 2. The summed E-state index contributed by atoms with van der Waals surface area (Å²) in [5.41, 5.74) is 0.955. The van der Waals surface area contributed by atoms with E-state index >= 15 is 0 Å². The van der Waals surface area contributed by atoms with Gasteiger partial charge in [-0.15, -0.1) is 0 Å². The third-order valence-electron chi connectivity index (χ3n) is 3.22. The highest BCUT2D eigenvalue weighted by Gasteiger charge is 2.19. The van der Waals surface area contributed by atoms with E-state index < -0.39 is 12.4 Å². The average molecular weight is 354 g/mol. The maximum Gasteiger partial charge on any atom is 0.515 e. The molecule has 0 radical (unpaired) electrons. The normalized spacial score (nSPS) is 11.7. The molecule has 0 aliphatic heterocycles. The van der Waals surface area contributed by atoms with Crippen molar-refractivity contribution in [1.29, 1.82) is 0 Å². The second-order valence-electron chi connectivity index (χ2n) is 4.77. The maximum atomic E-state index is 12.0. The van der Waals surface area contributed by atoms with E-state index in [0.29, 0.717) is 11.6 Å². The van der Waals surface area contributed by atoms with Crippen molar-refractivity contribution in [3.63, 3.8) is 0 Å². The molecule has 2 aromatic rings. The number of carbonyl (C=O) groups excluding carboxylic acids is 1. The summed E-state index contributed by atoms with van der Waals surface area (Å²) >= 11 is 11.8. The maximum absolute atomic E-state index is 12.0. The van der Waals surface area contributed by atoms with E-state index in [4.69, 9.17) is 32.7 Å². The Hall–Kier alpha value is -1.91.